The molecule has 2 aromatic rings. The van der Waals surface area contributed by atoms with Gasteiger partial charge < -0.3 is 14.9 Å². The second-order valence-corrected chi connectivity index (χ2v) is 3.81. The van der Waals surface area contributed by atoms with Crippen LogP contribution in [-0.2, 0) is 0 Å². The van der Waals surface area contributed by atoms with Gasteiger partial charge in [-0.25, -0.2) is 4.39 Å². The molecule has 0 saturated carbocycles. The maximum absolute atomic E-state index is 13.3. The van der Waals surface area contributed by atoms with Crippen molar-refractivity contribution in [2.75, 3.05) is 7.11 Å². The van der Waals surface area contributed by atoms with Crippen molar-refractivity contribution in [1.82, 2.24) is 10.2 Å². The molecule has 1 aromatic carbocycles. The predicted octanol–water partition coefficient (Wildman–Crippen LogP) is 2.29. The molecule has 1 unspecified atom stereocenters. The first-order valence-electron chi connectivity index (χ1n) is 5.58. The van der Waals surface area contributed by atoms with Crippen molar-refractivity contribution in [1.29, 1.82) is 0 Å². The smallest absolute Gasteiger partial charge is 0.247 e. The van der Waals surface area contributed by atoms with Crippen molar-refractivity contribution >= 4 is 0 Å². The molecule has 0 bridgehead atoms. The lowest BCUT2D eigenvalue weighted by Crippen LogP contribution is -2.08. The Bertz CT molecular complexity index is 542. The van der Waals surface area contributed by atoms with Crippen LogP contribution < -0.4 is 10.5 Å². The van der Waals surface area contributed by atoms with E-state index in [2.05, 4.69) is 10.2 Å². The Labute approximate surface area is 104 Å². The molecule has 2 rings (SSSR count). The summed E-state index contributed by atoms with van der Waals surface area (Å²) in [6.07, 6.45) is 0.703. The monoisotopic (exact) mass is 251 g/mol. The summed E-state index contributed by atoms with van der Waals surface area (Å²) >= 11 is 0. The lowest BCUT2D eigenvalue weighted by atomic mass is 10.2. The lowest BCUT2D eigenvalue weighted by molar-refractivity contribution is 0.386. The van der Waals surface area contributed by atoms with Gasteiger partial charge in [-0.15, -0.1) is 10.2 Å². The van der Waals surface area contributed by atoms with Gasteiger partial charge in [-0.3, -0.25) is 0 Å². The summed E-state index contributed by atoms with van der Waals surface area (Å²) in [7, 11) is 1.40. The number of nitrogens with zero attached hydrogens (tertiary/aromatic N) is 2. The second kappa shape index (κ2) is 5.14. The van der Waals surface area contributed by atoms with E-state index in [1.54, 1.807) is 6.07 Å². The van der Waals surface area contributed by atoms with Crippen molar-refractivity contribution in [3.8, 4) is 17.2 Å². The first-order chi connectivity index (χ1) is 8.65. The highest BCUT2D eigenvalue weighted by molar-refractivity contribution is 5.55. The van der Waals surface area contributed by atoms with Gasteiger partial charge in [-0.05, 0) is 24.6 Å². The number of rotatable bonds is 4. The largest absolute Gasteiger partial charge is 0.494 e. The highest BCUT2D eigenvalue weighted by Crippen LogP contribution is 2.26. The molecule has 1 aromatic heterocycles. The molecule has 18 heavy (non-hydrogen) atoms. The minimum Gasteiger partial charge on any atom is -0.494 e. The highest BCUT2D eigenvalue weighted by Gasteiger charge is 2.15. The van der Waals surface area contributed by atoms with Crippen LogP contribution in [-0.4, -0.2) is 17.3 Å². The van der Waals surface area contributed by atoms with Crippen LogP contribution in [0.3, 0.4) is 0 Å². The SMILES string of the molecule is CCC(N)c1nnc(-c2ccc(F)c(OC)c2)o1. The zero-order valence-electron chi connectivity index (χ0n) is 10.2. The number of halogens is 1. The number of ether oxygens (including phenoxy) is 1. The minimum absolute atomic E-state index is 0.132. The number of hydrogen-bond donors (Lipinski definition) is 1. The van der Waals surface area contributed by atoms with Crippen molar-refractivity contribution in [2.24, 2.45) is 5.73 Å². The van der Waals surface area contributed by atoms with Gasteiger partial charge in [0.1, 0.15) is 0 Å². The van der Waals surface area contributed by atoms with Gasteiger partial charge in [0.2, 0.25) is 11.8 Å². The zero-order chi connectivity index (χ0) is 13.1. The second-order valence-electron chi connectivity index (χ2n) is 3.81. The molecule has 0 spiro atoms. The topological polar surface area (TPSA) is 74.2 Å². The molecule has 6 heteroatoms. The van der Waals surface area contributed by atoms with Crippen molar-refractivity contribution in [2.45, 2.75) is 19.4 Å². The van der Waals surface area contributed by atoms with E-state index in [-0.39, 0.29) is 11.8 Å². The summed E-state index contributed by atoms with van der Waals surface area (Å²) in [5, 5.41) is 7.75. The summed E-state index contributed by atoms with van der Waals surface area (Å²) in [5.41, 5.74) is 6.38. The lowest BCUT2D eigenvalue weighted by Gasteiger charge is -2.03. The van der Waals surface area contributed by atoms with Crippen molar-refractivity contribution in [3.63, 3.8) is 0 Å². The third kappa shape index (κ3) is 2.33. The number of methoxy groups -OCH3 is 1. The van der Waals surface area contributed by atoms with Crippen molar-refractivity contribution < 1.29 is 13.5 Å². The molecule has 0 amide bonds. The van der Waals surface area contributed by atoms with Gasteiger partial charge in [0, 0.05) is 5.56 Å². The van der Waals surface area contributed by atoms with Gasteiger partial charge in [-0.2, -0.15) is 0 Å². The maximum Gasteiger partial charge on any atom is 0.247 e. The quantitative estimate of drug-likeness (QED) is 0.902. The van der Waals surface area contributed by atoms with Gasteiger partial charge in [0.15, 0.2) is 11.6 Å². The first-order valence-corrected chi connectivity index (χ1v) is 5.58. The zero-order valence-corrected chi connectivity index (χ0v) is 10.2. The van der Waals surface area contributed by atoms with E-state index < -0.39 is 5.82 Å². The fourth-order valence-electron chi connectivity index (χ4n) is 1.47. The Kier molecular flexibility index (Phi) is 3.57. The van der Waals surface area contributed by atoms with E-state index in [1.165, 1.54) is 19.2 Å². The third-order valence-electron chi connectivity index (χ3n) is 2.60. The fraction of sp³-hybridized carbons (Fsp3) is 0.333. The number of hydrogen-bond acceptors (Lipinski definition) is 5. The van der Waals surface area contributed by atoms with E-state index >= 15 is 0 Å². The first kappa shape index (κ1) is 12.5. The van der Waals surface area contributed by atoms with E-state index in [0.717, 1.165) is 0 Å². The molecule has 1 heterocycles. The summed E-state index contributed by atoms with van der Waals surface area (Å²) in [6, 6.07) is 4.06. The molecule has 1 atom stereocenters. The molecule has 0 fully saturated rings. The Morgan fingerprint density at radius 1 is 1.44 bits per heavy atom. The molecule has 2 N–H and O–H groups in total. The Balaban J connectivity index is 2.34. The van der Waals surface area contributed by atoms with Gasteiger partial charge in [0.25, 0.3) is 0 Å². The molecule has 0 aliphatic heterocycles. The molecule has 0 aliphatic carbocycles. The summed E-state index contributed by atoms with van der Waals surface area (Å²) in [4.78, 5) is 0. The minimum atomic E-state index is -0.439. The molecule has 0 saturated heterocycles. The molecule has 96 valence electrons. The van der Waals surface area contributed by atoms with Gasteiger partial charge >= 0.3 is 0 Å². The number of nitrogens with two attached hydrogens (primary N) is 1. The van der Waals surface area contributed by atoms with E-state index in [4.69, 9.17) is 14.9 Å². The van der Waals surface area contributed by atoms with Crippen LogP contribution in [0.2, 0.25) is 0 Å². The van der Waals surface area contributed by atoms with Gasteiger partial charge in [-0.1, -0.05) is 6.92 Å². The standard InChI is InChI=1S/C12H14FN3O2/c1-3-9(14)12-16-15-11(18-12)7-4-5-8(13)10(6-7)17-2/h4-6,9H,3,14H2,1-2H3. The van der Waals surface area contributed by atoms with Gasteiger partial charge in [0.05, 0.1) is 13.2 Å². The Hall–Kier alpha value is -1.95. The maximum atomic E-state index is 13.3. The van der Waals surface area contributed by atoms with Crippen LogP contribution in [0.25, 0.3) is 11.5 Å². The Morgan fingerprint density at radius 3 is 2.89 bits per heavy atom. The molecule has 0 aliphatic rings. The average molecular weight is 251 g/mol. The van der Waals surface area contributed by atoms with E-state index in [9.17, 15) is 4.39 Å². The van der Waals surface area contributed by atoms with Crippen LogP contribution in [0.5, 0.6) is 5.75 Å². The van der Waals surface area contributed by atoms with E-state index in [0.29, 0.717) is 23.8 Å². The summed E-state index contributed by atoms with van der Waals surface area (Å²) < 4.78 is 23.6. The molecule has 5 nitrogen and oxygen atoms in total. The van der Waals surface area contributed by atoms with Crippen LogP contribution in [0, 0.1) is 5.82 Å². The normalized spacial score (nSPS) is 12.4. The summed E-state index contributed by atoms with van der Waals surface area (Å²) in [6.45, 7) is 1.93. The van der Waals surface area contributed by atoms with Crippen LogP contribution in [0.4, 0.5) is 4.39 Å². The van der Waals surface area contributed by atoms with Crippen LogP contribution >= 0.6 is 0 Å². The Morgan fingerprint density at radius 2 is 2.22 bits per heavy atom. The highest BCUT2D eigenvalue weighted by atomic mass is 19.1. The summed E-state index contributed by atoms with van der Waals surface area (Å²) in [5.74, 6) is 0.362. The third-order valence-corrected chi connectivity index (χ3v) is 2.60. The molecule has 0 radical (unpaired) electrons. The fourth-order valence-corrected chi connectivity index (χ4v) is 1.47. The molecular weight excluding hydrogens is 237 g/mol. The molecular formula is C12H14FN3O2. The van der Waals surface area contributed by atoms with Crippen molar-refractivity contribution in [3.05, 3.63) is 29.9 Å². The average Bonchev–Trinajstić information content (AvgIpc) is 2.88. The number of benzene rings is 1. The van der Waals surface area contributed by atoms with Crippen LogP contribution in [0.1, 0.15) is 25.3 Å². The number of aromatic nitrogens is 2. The predicted molar refractivity (Wildman–Crippen MR) is 63.5 cm³/mol. The van der Waals surface area contributed by atoms with E-state index in [1.807, 2.05) is 6.92 Å². The van der Waals surface area contributed by atoms with Crippen LogP contribution in [0.15, 0.2) is 22.6 Å².